The van der Waals surface area contributed by atoms with Gasteiger partial charge in [0, 0.05) is 5.56 Å². The minimum atomic E-state index is -0.877. The lowest BCUT2D eigenvalue weighted by Crippen LogP contribution is -2.46. The Balaban J connectivity index is 1.99. The van der Waals surface area contributed by atoms with E-state index in [0.717, 1.165) is 18.7 Å². The van der Waals surface area contributed by atoms with E-state index >= 15 is 0 Å². The summed E-state index contributed by atoms with van der Waals surface area (Å²) in [5.41, 5.74) is -0.109. The molecule has 2 aromatic rings. The van der Waals surface area contributed by atoms with Crippen LogP contribution in [-0.4, -0.2) is 36.1 Å². The van der Waals surface area contributed by atoms with Crippen LogP contribution >= 0.6 is 0 Å². The molecule has 0 amide bonds. The second kappa shape index (κ2) is 6.42. The third kappa shape index (κ3) is 3.08. The number of piperidine rings is 1. The molecule has 0 aromatic heterocycles. The van der Waals surface area contributed by atoms with Crippen molar-refractivity contribution < 1.29 is 14.6 Å². The average Bonchev–Trinajstić information content (AvgIpc) is 2.57. The van der Waals surface area contributed by atoms with E-state index in [1.807, 2.05) is 61.6 Å². The second-order valence-corrected chi connectivity index (χ2v) is 6.10. The van der Waals surface area contributed by atoms with Crippen LogP contribution in [0.2, 0.25) is 0 Å². The maximum Gasteiger partial charge on any atom is 0.314 e. The van der Waals surface area contributed by atoms with E-state index in [1.54, 1.807) is 0 Å². The van der Waals surface area contributed by atoms with Gasteiger partial charge >= 0.3 is 5.97 Å². The van der Waals surface area contributed by atoms with Gasteiger partial charge in [-0.15, -0.1) is 0 Å². The molecule has 3 rings (SSSR count). The van der Waals surface area contributed by atoms with Crippen LogP contribution < -0.4 is 4.74 Å². The van der Waals surface area contributed by atoms with Gasteiger partial charge in [0.2, 0.25) is 0 Å². The first kappa shape index (κ1) is 15.6. The predicted molar refractivity (Wildman–Crippen MR) is 89.0 cm³/mol. The lowest BCUT2D eigenvalue weighted by Gasteiger charge is -2.38. The van der Waals surface area contributed by atoms with Crippen molar-refractivity contribution >= 4 is 5.97 Å². The number of likely N-dealkylation sites (tertiary alicyclic amines) is 1. The first-order valence-electron chi connectivity index (χ1n) is 7.86. The molecule has 1 fully saturated rings. The first-order valence-corrected chi connectivity index (χ1v) is 7.86. The summed E-state index contributed by atoms with van der Waals surface area (Å²) in [6, 6.07) is 17.0. The van der Waals surface area contributed by atoms with Crippen molar-refractivity contribution in [1.29, 1.82) is 0 Å². The number of benzene rings is 2. The molecule has 0 unspecified atom stereocenters. The summed E-state index contributed by atoms with van der Waals surface area (Å²) in [5, 5.41) is 9.94. The number of carboxylic acid groups (broad SMARTS) is 1. The Morgan fingerprint density at radius 1 is 1.04 bits per heavy atom. The first-order chi connectivity index (χ1) is 11.1. The van der Waals surface area contributed by atoms with Gasteiger partial charge in [-0.2, -0.15) is 0 Å². The summed E-state index contributed by atoms with van der Waals surface area (Å²) in [6.45, 7) is 1.54. The number of para-hydroxylation sites is 2. The minimum Gasteiger partial charge on any atom is -0.481 e. The molecule has 1 aliphatic rings. The molecule has 4 nitrogen and oxygen atoms in total. The van der Waals surface area contributed by atoms with Crippen LogP contribution in [0.15, 0.2) is 54.6 Å². The molecule has 1 aliphatic heterocycles. The Morgan fingerprint density at radius 2 is 1.65 bits per heavy atom. The van der Waals surface area contributed by atoms with Crippen molar-refractivity contribution in [3.8, 4) is 11.5 Å². The predicted octanol–water partition coefficient (Wildman–Crippen LogP) is 3.53. The molecule has 2 aromatic carbocycles. The Morgan fingerprint density at radius 3 is 2.30 bits per heavy atom. The molecule has 1 saturated heterocycles. The van der Waals surface area contributed by atoms with Gasteiger partial charge in [0.25, 0.3) is 0 Å². The fraction of sp³-hybridized carbons (Fsp3) is 0.316. The van der Waals surface area contributed by atoms with Crippen LogP contribution in [0.5, 0.6) is 11.5 Å². The zero-order chi connectivity index (χ0) is 16.3. The number of nitrogens with zero attached hydrogens (tertiary/aromatic N) is 1. The molecule has 0 atom stereocenters. The van der Waals surface area contributed by atoms with Crippen molar-refractivity contribution in [2.45, 2.75) is 18.3 Å². The topological polar surface area (TPSA) is 49.8 Å². The molecule has 120 valence electrons. The molecule has 1 N–H and O–H groups in total. The molecular weight excluding hydrogens is 290 g/mol. The van der Waals surface area contributed by atoms with Crippen molar-refractivity contribution in [3.05, 3.63) is 60.2 Å². The van der Waals surface area contributed by atoms with Gasteiger partial charge in [0.1, 0.15) is 11.5 Å². The van der Waals surface area contributed by atoms with E-state index in [4.69, 9.17) is 4.74 Å². The SMILES string of the molecule is CN1CCC(C(=O)O)(c2ccccc2Oc2ccccc2)CC1. The number of carboxylic acids is 1. The van der Waals surface area contributed by atoms with Crippen LogP contribution in [0.4, 0.5) is 0 Å². The zero-order valence-corrected chi connectivity index (χ0v) is 13.2. The highest BCUT2D eigenvalue weighted by molar-refractivity contribution is 5.82. The monoisotopic (exact) mass is 311 g/mol. The molecule has 1 heterocycles. The maximum atomic E-state index is 12.1. The van der Waals surface area contributed by atoms with Gasteiger partial charge in [0.05, 0.1) is 5.41 Å². The van der Waals surface area contributed by atoms with Gasteiger partial charge < -0.3 is 14.7 Å². The normalized spacial score (nSPS) is 17.6. The van der Waals surface area contributed by atoms with Crippen LogP contribution in [0.25, 0.3) is 0 Å². The fourth-order valence-electron chi connectivity index (χ4n) is 3.17. The second-order valence-electron chi connectivity index (χ2n) is 6.10. The third-order valence-electron chi connectivity index (χ3n) is 4.62. The molecule has 0 aliphatic carbocycles. The Hall–Kier alpha value is -2.33. The number of hydrogen-bond donors (Lipinski definition) is 1. The summed E-state index contributed by atoms with van der Waals surface area (Å²) in [5.74, 6) is 0.578. The Kier molecular flexibility index (Phi) is 4.35. The lowest BCUT2D eigenvalue weighted by molar-refractivity contribution is -0.145. The number of carbonyl (C=O) groups is 1. The summed E-state index contributed by atoms with van der Waals surface area (Å²) in [6.07, 6.45) is 1.18. The van der Waals surface area contributed by atoms with E-state index in [-0.39, 0.29) is 0 Å². The molecule has 0 radical (unpaired) electrons. The van der Waals surface area contributed by atoms with Crippen molar-refractivity contribution in [2.24, 2.45) is 0 Å². The minimum absolute atomic E-state index is 0.591. The standard InChI is InChI=1S/C19H21NO3/c1-20-13-11-19(12-14-20,18(21)22)16-9-5-6-10-17(16)23-15-7-3-2-4-8-15/h2-10H,11-14H2,1H3,(H,21,22). The van der Waals surface area contributed by atoms with E-state index in [0.29, 0.717) is 24.3 Å². The maximum absolute atomic E-state index is 12.1. The highest BCUT2D eigenvalue weighted by atomic mass is 16.5. The Bertz CT molecular complexity index is 676. The van der Waals surface area contributed by atoms with E-state index in [2.05, 4.69) is 4.90 Å². The van der Waals surface area contributed by atoms with Crippen LogP contribution in [0.1, 0.15) is 18.4 Å². The number of rotatable bonds is 4. The highest BCUT2D eigenvalue weighted by Crippen LogP contribution is 2.41. The summed E-state index contributed by atoms with van der Waals surface area (Å²) in [4.78, 5) is 14.3. The zero-order valence-electron chi connectivity index (χ0n) is 13.2. The van der Waals surface area contributed by atoms with Crippen LogP contribution in [-0.2, 0) is 10.2 Å². The Labute approximate surface area is 136 Å². The van der Waals surface area contributed by atoms with Crippen molar-refractivity contribution in [3.63, 3.8) is 0 Å². The van der Waals surface area contributed by atoms with Gasteiger partial charge in [0.15, 0.2) is 0 Å². The number of ether oxygens (including phenoxy) is 1. The third-order valence-corrected chi connectivity index (χ3v) is 4.62. The number of hydrogen-bond acceptors (Lipinski definition) is 3. The highest BCUT2D eigenvalue weighted by Gasteiger charge is 2.44. The fourth-order valence-corrected chi connectivity index (χ4v) is 3.17. The quantitative estimate of drug-likeness (QED) is 0.938. The summed E-state index contributed by atoms with van der Waals surface area (Å²) in [7, 11) is 2.03. The summed E-state index contributed by atoms with van der Waals surface area (Å²) >= 11 is 0. The van der Waals surface area contributed by atoms with E-state index < -0.39 is 11.4 Å². The van der Waals surface area contributed by atoms with Gasteiger partial charge in [-0.25, -0.2) is 0 Å². The summed E-state index contributed by atoms with van der Waals surface area (Å²) < 4.78 is 5.99. The number of aliphatic carboxylic acids is 1. The molecule has 0 bridgehead atoms. The molecule has 0 saturated carbocycles. The lowest BCUT2D eigenvalue weighted by atomic mass is 9.72. The van der Waals surface area contributed by atoms with Gasteiger partial charge in [-0.05, 0) is 51.2 Å². The van der Waals surface area contributed by atoms with E-state index in [9.17, 15) is 9.90 Å². The van der Waals surface area contributed by atoms with Crippen molar-refractivity contribution in [2.75, 3.05) is 20.1 Å². The van der Waals surface area contributed by atoms with Crippen LogP contribution in [0, 0.1) is 0 Å². The smallest absolute Gasteiger partial charge is 0.314 e. The van der Waals surface area contributed by atoms with Gasteiger partial charge in [-0.1, -0.05) is 36.4 Å². The molecule has 23 heavy (non-hydrogen) atoms. The molecular formula is C19H21NO3. The van der Waals surface area contributed by atoms with Crippen LogP contribution in [0.3, 0.4) is 0 Å². The average molecular weight is 311 g/mol. The molecule has 0 spiro atoms. The van der Waals surface area contributed by atoms with Crippen molar-refractivity contribution in [1.82, 2.24) is 4.90 Å². The van der Waals surface area contributed by atoms with E-state index in [1.165, 1.54) is 0 Å². The van der Waals surface area contributed by atoms with Gasteiger partial charge in [-0.3, -0.25) is 4.79 Å². The molecule has 4 heteroatoms. The largest absolute Gasteiger partial charge is 0.481 e.